The summed E-state index contributed by atoms with van der Waals surface area (Å²) in [7, 11) is 3.37. The number of nitrogens with one attached hydrogen (secondary N) is 1. The minimum atomic E-state index is -0.545. The summed E-state index contributed by atoms with van der Waals surface area (Å²) < 4.78 is 24.4. The van der Waals surface area contributed by atoms with Crippen molar-refractivity contribution in [3.05, 3.63) is 28.5 Å². The summed E-state index contributed by atoms with van der Waals surface area (Å²) in [6, 6.07) is 2.79. The molecule has 0 spiro atoms. The maximum Gasteiger partial charge on any atom is 0.410 e. The molecule has 0 aromatic heterocycles. The molecule has 0 aliphatic rings. The van der Waals surface area contributed by atoms with E-state index in [2.05, 4.69) is 5.32 Å². The van der Waals surface area contributed by atoms with Gasteiger partial charge in [-0.1, -0.05) is 11.6 Å². The number of nitrogens with zero attached hydrogens (tertiary/aromatic N) is 1. The van der Waals surface area contributed by atoms with Crippen molar-refractivity contribution in [1.82, 2.24) is 10.2 Å². The van der Waals surface area contributed by atoms with Crippen molar-refractivity contribution in [2.24, 2.45) is 0 Å². The Bertz CT molecular complexity index is 547. The summed E-state index contributed by atoms with van der Waals surface area (Å²) in [4.78, 5) is 13.3. The molecule has 130 valence electrons. The van der Waals surface area contributed by atoms with Gasteiger partial charge in [0.05, 0.1) is 11.6 Å². The first-order valence-corrected chi connectivity index (χ1v) is 7.72. The van der Waals surface area contributed by atoms with Gasteiger partial charge in [-0.25, -0.2) is 9.18 Å². The van der Waals surface area contributed by atoms with Crippen LogP contribution >= 0.6 is 11.6 Å². The smallest absolute Gasteiger partial charge is 0.410 e. The first-order chi connectivity index (χ1) is 10.7. The van der Waals surface area contributed by atoms with Gasteiger partial charge in [0.1, 0.15) is 23.8 Å². The second-order valence-corrected chi connectivity index (χ2v) is 6.50. The van der Waals surface area contributed by atoms with Crippen molar-refractivity contribution in [1.29, 1.82) is 0 Å². The van der Waals surface area contributed by atoms with E-state index in [1.165, 1.54) is 17.0 Å². The Labute approximate surface area is 141 Å². The fourth-order valence-electron chi connectivity index (χ4n) is 1.78. The standard InChI is InChI=1S/C16H24ClFN2O3/c1-16(2,3)23-15(21)20(5)8-9-22-13-7-6-12(18)14(17)11(13)10-19-4/h6-7,19H,8-10H2,1-5H3. The van der Waals surface area contributed by atoms with E-state index in [0.717, 1.165) is 0 Å². The molecule has 5 nitrogen and oxygen atoms in total. The Balaban J connectivity index is 2.62. The van der Waals surface area contributed by atoms with Gasteiger partial charge in [-0.05, 0) is 40.0 Å². The predicted molar refractivity (Wildman–Crippen MR) is 88.5 cm³/mol. The zero-order valence-electron chi connectivity index (χ0n) is 14.2. The van der Waals surface area contributed by atoms with Gasteiger partial charge in [-0.2, -0.15) is 0 Å². The van der Waals surface area contributed by atoms with Crippen LogP contribution in [0, 0.1) is 5.82 Å². The van der Waals surface area contributed by atoms with Crippen molar-refractivity contribution in [2.45, 2.75) is 32.9 Å². The van der Waals surface area contributed by atoms with Crippen LogP contribution in [-0.4, -0.2) is 43.8 Å². The number of carbonyl (C=O) groups excluding carboxylic acids is 1. The van der Waals surface area contributed by atoms with Crippen LogP contribution in [0.5, 0.6) is 5.75 Å². The molecule has 0 bridgehead atoms. The Hall–Kier alpha value is -1.53. The molecular formula is C16H24ClFN2O3. The molecule has 0 unspecified atom stereocenters. The van der Waals surface area contributed by atoms with Gasteiger partial charge < -0.3 is 19.7 Å². The first kappa shape index (κ1) is 19.5. The molecule has 1 amide bonds. The van der Waals surface area contributed by atoms with Crippen LogP contribution < -0.4 is 10.1 Å². The number of halogens is 2. The molecule has 1 rings (SSSR count). The molecule has 1 aromatic carbocycles. The van der Waals surface area contributed by atoms with Gasteiger partial charge >= 0.3 is 6.09 Å². The molecule has 0 fully saturated rings. The fraction of sp³-hybridized carbons (Fsp3) is 0.562. The highest BCUT2D eigenvalue weighted by molar-refractivity contribution is 6.31. The second-order valence-electron chi connectivity index (χ2n) is 6.12. The molecular weight excluding hydrogens is 323 g/mol. The topological polar surface area (TPSA) is 50.8 Å². The zero-order valence-corrected chi connectivity index (χ0v) is 15.0. The van der Waals surface area contributed by atoms with Crippen LogP contribution in [0.1, 0.15) is 26.3 Å². The van der Waals surface area contributed by atoms with Gasteiger partial charge in [0.25, 0.3) is 0 Å². The summed E-state index contributed by atoms with van der Waals surface area (Å²) >= 11 is 5.96. The molecule has 0 saturated carbocycles. The molecule has 1 aromatic rings. The van der Waals surface area contributed by atoms with Crippen LogP contribution in [0.2, 0.25) is 5.02 Å². The Morgan fingerprint density at radius 1 is 1.39 bits per heavy atom. The van der Waals surface area contributed by atoms with E-state index >= 15 is 0 Å². The number of amides is 1. The van der Waals surface area contributed by atoms with Gasteiger partial charge in [-0.15, -0.1) is 0 Å². The minimum absolute atomic E-state index is 0.0392. The number of hydrogen-bond donors (Lipinski definition) is 1. The average molecular weight is 347 g/mol. The Kier molecular flexibility index (Phi) is 7.09. The summed E-state index contributed by atoms with van der Waals surface area (Å²) in [5, 5.41) is 2.96. The summed E-state index contributed by atoms with van der Waals surface area (Å²) in [5.41, 5.74) is 0.00509. The third-order valence-electron chi connectivity index (χ3n) is 2.90. The number of ether oxygens (including phenoxy) is 2. The lowest BCUT2D eigenvalue weighted by atomic mass is 10.2. The van der Waals surface area contributed by atoms with E-state index in [9.17, 15) is 9.18 Å². The summed E-state index contributed by atoms with van der Waals surface area (Å²) in [5.74, 6) is -0.00141. The van der Waals surface area contributed by atoms with Crippen LogP contribution in [0.15, 0.2) is 12.1 Å². The van der Waals surface area contributed by atoms with E-state index in [1.807, 2.05) is 0 Å². The highest BCUT2D eigenvalue weighted by Crippen LogP contribution is 2.29. The quantitative estimate of drug-likeness (QED) is 0.857. The van der Waals surface area contributed by atoms with Crippen molar-refractivity contribution in [2.75, 3.05) is 27.2 Å². The zero-order chi connectivity index (χ0) is 17.6. The molecule has 0 saturated heterocycles. The van der Waals surface area contributed by atoms with Crippen LogP contribution in [0.3, 0.4) is 0 Å². The monoisotopic (exact) mass is 346 g/mol. The molecule has 7 heteroatoms. The van der Waals surface area contributed by atoms with Crippen molar-refractivity contribution < 1.29 is 18.7 Å². The average Bonchev–Trinajstić information content (AvgIpc) is 2.44. The largest absolute Gasteiger partial charge is 0.491 e. The normalized spacial score (nSPS) is 11.3. The van der Waals surface area contributed by atoms with Crippen LogP contribution in [0.25, 0.3) is 0 Å². The lowest BCUT2D eigenvalue weighted by molar-refractivity contribution is 0.0278. The third-order valence-corrected chi connectivity index (χ3v) is 3.30. The molecule has 0 aliphatic carbocycles. The van der Waals surface area contributed by atoms with Crippen LogP contribution in [-0.2, 0) is 11.3 Å². The first-order valence-electron chi connectivity index (χ1n) is 7.34. The number of carbonyl (C=O) groups is 1. The molecule has 0 aliphatic heterocycles. The fourth-order valence-corrected chi connectivity index (χ4v) is 2.00. The number of rotatable bonds is 6. The van der Waals surface area contributed by atoms with Crippen LogP contribution in [0.4, 0.5) is 9.18 Å². The second kappa shape index (κ2) is 8.36. The maximum atomic E-state index is 13.5. The predicted octanol–water partition coefficient (Wildman–Crippen LogP) is 3.44. The lowest BCUT2D eigenvalue weighted by Crippen LogP contribution is -2.36. The number of hydrogen-bond acceptors (Lipinski definition) is 4. The van der Waals surface area contributed by atoms with Gasteiger partial charge in [0, 0.05) is 19.2 Å². The number of benzene rings is 1. The lowest BCUT2D eigenvalue weighted by Gasteiger charge is -2.24. The van der Waals surface area contributed by atoms with E-state index in [4.69, 9.17) is 21.1 Å². The number of likely N-dealkylation sites (N-methyl/N-ethyl adjacent to an activating group) is 1. The van der Waals surface area contributed by atoms with Gasteiger partial charge in [0.15, 0.2) is 0 Å². The molecule has 0 heterocycles. The van der Waals surface area contributed by atoms with Crippen molar-refractivity contribution in [3.8, 4) is 5.75 Å². The van der Waals surface area contributed by atoms with E-state index < -0.39 is 17.5 Å². The van der Waals surface area contributed by atoms with E-state index in [-0.39, 0.29) is 11.6 Å². The SMILES string of the molecule is CNCc1c(OCCN(C)C(=O)OC(C)(C)C)ccc(F)c1Cl. The summed E-state index contributed by atoms with van der Waals surface area (Å²) in [6.07, 6.45) is -0.423. The third kappa shape index (κ3) is 6.23. The highest BCUT2D eigenvalue weighted by Gasteiger charge is 2.19. The van der Waals surface area contributed by atoms with Crippen molar-refractivity contribution in [3.63, 3.8) is 0 Å². The van der Waals surface area contributed by atoms with Gasteiger partial charge in [0.2, 0.25) is 0 Å². The Morgan fingerprint density at radius 2 is 2.04 bits per heavy atom. The maximum absolute atomic E-state index is 13.5. The van der Waals surface area contributed by atoms with E-state index in [0.29, 0.717) is 24.4 Å². The molecule has 23 heavy (non-hydrogen) atoms. The van der Waals surface area contributed by atoms with E-state index in [1.54, 1.807) is 34.9 Å². The summed E-state index contributed by atoms with van der Waals surface area (Å²) in [6.45, 7) is 6.38. The highest BCUT2D eigenvalue weighted by atomic mass is 35.5. The Morgan fingerprint density at radius 3 is 2.61 bits per heavy atom. The molecule has 1 N–H and O–H groups in total. The van der Waals surface area contributed by atoms with Crippen molar-refractivity contribution >= 4 is 17.7 Å². The molecule has 0 atom stereocenters. The van der Waals surface area contributed by atoms with Gasteiger partial charge in [-0.3, -0.25) is 0 Å². The molecule has 0 radical (unpaired) electrons. The minimum Gasteiger partial charge on any atom is -0.491 e.